The number of nitrogens with zero attached hydrogens (tertiary/aromatic N) is 3. The first kappa shape index (κ1) is 21.6. The number of aromatic nitrogens is 3. The summed E-state index contributed by atoms with van der Waals surface area (Å²) >= 11 is 1.41. The summed E-state index contributed by atoms with van der Waals surface area (Å²) in [5.74, 6) is 0.725. The Morgan fingerprint density at radius 2 is 1.93 bits per heavy atom. The van der Waals surface area contributed by atoms with Crippen molar-refractivity contribution in [1.29, 1.82) is 0 Å². The minimum absolute atomic E-state index is 0.0811. The molecule has 0 atom stereocenters. The minimum atomic E-state index is -0.292. The molecule has 1 saturated carbocycles. The molecule has 1 heterocycles. The van der Waals surface area contributed by atoms with Gasteiger partial charge in [0.2, 0.25) is 0 Å². The molecule has 1 fully saturated rings. The topological polar surface area (TPSA) is 74.1 Å². The molecule has 0 bridgehead atoms. The first-order valence-corrected chi connectivity index (χ1v) is 11.3. The van der Waals surface area contributed by atoms with Crippen molar-refractivity contribution in [3.05, 3.63) is 40.7 Å². The molecule has 3 rings (SSSR count). The van der Waals surface area contributed by atoms with E-state index in [4.69, 9.17) is 4.74 Å². The van der Waals surface area contributed by atoms with Crippen LogP contribution in [0.1, 0.15) is 72.4 Å². The van der Waals surface area contributed by atoms with Gasteiger partial charge in [-0.2, -0.15) is 0 Å². The van der Waals surface area contributed by atoms with E-state index in [0.717, 1.165) is 42.4 Å². The van der Waals surface area contributed by atoms with Gasteiger partial charge in [-0.25, -0.2) is 0 Å². The zero-order valence-corrected chi connectivity index (χ0v) is 18.3. The summed E-state index contributed by atoms with van der Waals surface area (Å²) in [7, 11) is 0. The van der Waals surface area contributed by atoms with E-state index in [9.17, 15) is 9.59 Å². The minimum Gasteiger partial charge on any atom is -0.466 e. The quantitative estimate of drug-likeness (QED) is 0.359. The van der Waals surface area contributed by atoms with Crippen molar-refractivity contribution in [2.45, 2.75) is 70.5 Å². The SMILES string of the molecule is CCOC(=O)Cc1nnc(SCC(=O)c2ccc(C)cc2C)n1C1CCCCC1. The number of hydrogen-bond donors (Lipinski definition) is 0. The van der Waals surface area contributed by atoms with E-state index in [0.29, 0.717) is 23.3 Å². The van der Waals surface area contributed by atoms with Crippen LogP contribution in [0.3, 0.4) is 0 Å². The molecule has 0 spiro atoms. The third kappa shape index (κ3) is 5.47. The fourth-order valence-electron chi connectivity index (χ4n) is 3.91. The number of carbonyl (C=O) groups is 2. The molecule has 156 valence electrons. The third-order valence-electron chi connectivity index (χ3n) is 5.30. The normalized spacial score (nSPS) is 14.7. The lowest BCUT2D eigenvalue weighted by molar-refractivity contribution is -0.142. The van der Waals surface area contributed by atoms with Gasteiger partial charge in [-0.1, -0.05) is 54.8 Å². The van der Waals surface area contributed by atoms with Gasteiger partial charge in [-0.3, -0.25) is 9.59 Å². The molecule has 0 N–H and O–H groups in total. The van der Waals surface area contributed by atoms with Crippen LogP contribution in [0.2, 0.25) is 0 Å². The molecule has 29 heavy (non-hydrogen) atoms. The summed E-state index contributed by atoms with van der Waals surface area (Å²) in [6.07, 6.45) is 5.77. The number of esters is 1. The van der Waals surface area contributed by atoms with Gasteiger partial charge in [0.1, 0.15) is 12.2 Å². The number of carbonyl (C=O) groups excluding carboxylic acids is 2. The standard InChI is InChI=1S/C22H29N3O3S/c1-4-28-21(27)13-20-23-24-22(25(20)17-8-6-5-7-9-17)29-14-19(26)18-11-10-15(2)12-16(18)3/h10-12,17H,4-9,13-14H2,1-3H3. The highest BCUT2D eigenvalue weighted by Gasteiger charge is 2.25. The molecule has 0 saturated heterocycles. The Balaban J connectivity index is 1.77. The Labute approximate surface area is 176 Å². The smallest absolute Gasteiger partial charge is 0.313 e. The second-order valence-corrected chi connectivity index (χ2v) is 8.52. The monoisotopic (exact) mass is 415 g/mol. The number of Topliss-reactive ketones (excluding diaryl/α,β-unsaturated/α-hetero) is 1. The maximum atomic E-state index is 12.8. The van der Waals surface area contributed by atoms with E-state index in [2.05, 4.69) is 14.8 Å². The van der Waals surface area contributed by atoms with Crippen LogP contribution in [0.5, 0.6) is 0 Å². The van der Waals surface area contributed by atoms with Gasteiger partial charge in [0, 0.05) is 11.6 Å². The van der Waals surface area contributed by atoms with Gasteiger partial charge in [0.25, 0.3) is 0 Å². The van der Waals surface area contributed by atoms with Gasteiger partial charge >= 0.3 is 5.97 Å². The summed E-state index contributed by atoms with van der Waals surface area (Å²) < 4.78 is 7.17. The summed E-state index contributed by atoms with van der Waals surface area (Å²) in [6.45, 7) is 6.13. The lowest BCUT2D eigenvalue weighted by atomic mass is 9.95. The van der Waals surface area contributed by atoms with E-state index in [1.54, 1.807) is 6.92 Å². The molecule has 1 aromatic heterocycles. The summed E-state index contributed by atoms with van der Waals surface area (Å²) in [4.78, 5) is 24.8. The van der Waals surface area contributed by atoms with Crippen LogP contribution in [0.25, 0.3) is 0 Å². The average molecular weight is 416 g/mol. The molecule has 1 aliphatic rings. The Morgan fingerprint density at radius 1 is 1.17 bits per heavy atom. The molecule has 2 aromatic rings. The van der Waals surface area contributed by atoms with Crippen LogP contribution < -0.4 is 0 Å². The molecule has 6 nitrogen and oxygen atoms in total. The van der Waals surface area contributed by atoms with Crippen molar-refractivity contribution < 1.29 is 14.3 Å². The Kier molecular flexibility index (Phi) is 7.47. The average Bonchev–Trinajstić information content (AvgIpc) is 3.09. The van der Waals surface area contributed by atoms with Crippen molar-refractivity contribution in [3.8, 4) is 0 Å². The molecule has 0 radical (unpaired) electrons. The molecule has 7 heteroatoms. The fraction of sp³-hybridized carbons (Fsp3) is 0.545. The van der Waals surface area contributed by atoms with E-state index < -0.39 is 0 Å². The van der Waals surface area contributed by atoms with E-state index in [1.165, 1.54) is 18.2 Å². The number of ketones is 1. The molecular weight excluding hydrogens is 386 g/mol. The molecule has 1 aliphatic carbocycles. The Bertz CT molecular complexity index is 872. The third-order valence-corrected chi connectivity index (χ3v) is 6.24. The largest absolute Gasteiger partial charge is 0.466 e. The predicted molar refractivity (Wildman–Crippen MR) is 113 cm³/mol. The van der Waals surface area contributed by atoms with E-state index in [-0.39, 0.29) is 24.2 Å². The van der Waals surface area contributed by atoms with Gasteiger partial charge in [-0.05, 0) is 39.2 Å². The second-order valence-electron chi connectivity index (χ2n) is 7.57. The molecule has 0 amide bonds. The zero-order valence-electron chi connectivity index (χ0n) is 17.4. The lowest BCUT2D eigenvalue weighted by Crippen LogP contribution is -2.19. The highest BCUT2D eigenvalue weighted by molar-refractivity contribution is 7.99. The number of benzene rings is 1. The first-order chi connectivity index (χ1) is 14.0. The lowest BCUT2D eigenvalue weighted by Gasteiger charge is -2.25. The van der Waals surface area contributed by atoms with Crippen molar-refractivity contribution in [3.63, 3.8) is 0 Å². The number of aryl methyl sites for hydroxylation is 2. The van der Waals surface area contributed by atoms with Crippen molar-refractivity contribution in [2.24, 2.45) is 0 Å². The predicted octanol–water partition coefficient (Wildman–Crippen LogP) is 4.48. The van der Waals surface area contributed by atoms with E-state index in [1.807, 2.05) is 32.0 Å². The van der Waals surface area contributed by atoms with Crippen LogP contribution in [-0.4, -0.2) is 38.9 Å². The Hall–Kier alpha value is -2.15. The zero-order chi connectivity index (χ0) is 20.8. The van der Waals surface area contributed by atoms with Crippen molar-refractivity contribution in [2.75, 3.05) is 12.4 Å². The second kappa shape index (κ2) is 10.1. The molecule has 0 unspecified atom stereocenters. The fourth-order valence-corrected chi connectivity index (χ4v) is 4.82. The van der Waals surface area contributed by atoms with Gasteiger partial charge in [0.05, 0.1) is 12.4 Å². The van der Waals surface area contributed by atoms with Crippen LogP contribution in [0.15, 0.2) is 23.4 Å². The number of ether oxygens (including phenoxy) is 1. The maximum Gasteiger partial charge on any atom is 0.313 e. The van der Waals surface area contributed by atoms with Crippen LogP contribution >= 0.6 is 11.8 Å². The highest BCUT2D eigenvalue weighted by Crippen LogP contribution is 2.33. The molecular formula is C22H29N3O3S. The van der Waals surface area contributed by atoms with Gasteiger partial charge in [-0.15, -0.1) is 10.2 Å². The summed E-state index contributed by atoms with van der Waals surface area (Å²) in [6, 6.07) is 6.17. The highest BCUT2D eigenvalue weighted by atomic mass is 32.2. The molecule has 0 aliphatic heterocycles. The number of thioether (sulfide) groups is 1. The maximum absolute atomic E-state index is 12.8. The van der Waals surface area contributed by atoms with Gasteiger partial charge < -0.3 is 9.30 Å². The Morgan fingerprint density at radius 3 is 2.62 bits per heavy atom. The van der Waals surface area contributed by atoms with Gasteiger partial charge in [0.15, 0.2) is 10.9 Å². The van der Waals surface area contributed by atoms with Crippen LogP contribution in [0.4, 0.5) is 0 Å². The number of hydrogen-bond acceptors (Lipinski definition) is 6. The first-order valence-electron chi connectivity index (χ1n) is 10.3. The summed E-state index contributed by atoms with van der Waals surface area (Å²) in [5.41, 5.74) is 2.89. The van der Waals surface area contributed by atoms with E-state index >= 15 is 0 Å². The van der Waals surface area contributed by atoms with Crippen molar-refractivity contribution >= 4 is 23.5 Å². The van der Waals surface area contributed by atoms with Crippen LogP contribution in [-0.2, 0) is 16.0 Å². The summed E-state index contributed by atoms with van der Waals surface area (Å²) in [5, 5.41) is 9.31. The van der Waals surface area contributed by atoms with Crippen LogP contribution in [0, 0.1) is 13.8 Å². The van der Waals surface area contributed by atoms with Crippen molar-refractivity contribution in [1.82, 2.24) is 14.8 Å². The number of rotatable bonds is 8. The molecule has 1 aromatic carbocycles.